The molecule has 78 valence electrons. The molecule has 2 rings (SSSR count). The molecular weight excluding hydrogens is 286 g/mol. The SMILES string of the molecule is Nc1oncc1-c1cc(Cl)c(F)c(Br)c1. The monoisotopic (exact) mass is 290 g/mol. The standard InChI is InChI=1S/C9H5BrClFN2O/c10-6-1-4(2-7(11)8(6)12)5-3-14-15-9(5)13/h1-3H,13H2. The number of rotatable bonds is 1. The van der Waals surface area contributed by atoms with Gasteiger partial charge < -0.3 is 10.3 Å². The van der Waals surface area contributed by atoms with Crippen LogP contribution in [0.25, 0.3) is 11.1 Å². The Morgan fingerprint density at radius 3 is 2.73 bits per heavy atom. The molecule has 2 N–H and O–H groups in total. The average Bonchev–Trinajstić information content (AvgIpc) is 2.60. The summed E-state index contributed by atoms with van der Waals surface area (Å²) < 4.78 is 18.2. The lowest BCUT2D eigenvalue weighted by molar-refractivity contribution is 0.436. The normalized spacial score (nSPS) is 10.6. The smallest absolute Gasteiger partial charge is 0.229 e. The van der Waals surface area contributed by atoms with Crippen molar-refractivity contribution in [2.45, 2.75) is 0 Å². The second-order valence-electron chi connectivity index (χ2n) is 2.86. The number of nitrogens with zero attached hydrogens (tertiary/aromatic N) is 1. The van der Waals surface area contributed by atoms with Gasteiger partial charge in [-0.15, -0.1) is 0 Å². The van der Waals surface area contributed by atoms with Crippen LogP contribution >= 0.6 is 27.5 Å². The minimum Gasteiger partial charge on any atom is -0.367 e. The van der Waals surface area contributed by atoms with Crippen LogP contribution in [0.3, 0.4) is 0 Å². The van der Waals surface area contributed by atoms with Crippen LogP contribution in [0, 0.1) is 5.82 Å². The quantitative estimate of drug-likeness (QED) is 0.818. The molecule has 0 aliphatic heterocycles. The fourth-order valence-corrected chi connectivity index (χ4v) is 1.97. The first kappa shape index (κ1) is 10.4. The third kappa shape index (κ3) is 1.85. The molecule has 1 heterocycles. The van der Waals surface area contributed by atoms with Crippen LogP contribution in [0.5, 0.6) is 0 Å². The Hall–Kier alpha value is -1.07. The molecule has 0 atom stereocenters. The number of benzene rings is 1. The van der Waals surface area contributed by atoms with Gasteiger partial charge in [-0.3, -0.25) is 0 Å². The van der Waals surface area contributed by atoms with Gasteiger partial charge in [0.25, 0.3) is 0 Å². The lowest BCUT2D eigenvalue weighted by atomic mass is 10.1. The number of nitrogen functional groups attached to an aromatic ring is 1. The molecule has 0 amide bonds. The molecule has 15 heavy (non-hydrogen) atoms. The highest BCUT2D eigenvalue weighted by Gasteiger charge is 2.12. The predicted molar refractivity (Wildman–Crippen MR) is 59.0 cm³/mol. The number of nitrogens with two attached hydrogens (primary N) is 1. The largest absolute Gasteiger partial charge is 0.367 e. The van der Waals surface area contributed by atoms with E-state index >= 15 is 0 Å². The zero-order chi connectivity index (χ0) is 11.0. The van der Waals surface area contributed by atoms with Crippen LogP contribution in [0.4, 0.5) is 10.3 Å². The fourth-order valence-electron chi connectivity index (χ4n) is 1.18. The number of hydrogen-bond donors (Lipinski definition) is 1. The van der Waals surface area contributed by atoms with Crippen molar-refractivity contribution in [3.05, 3.63) is 33.6 Å². The van der Waals surface area contributed by atoms with Crippen molar-refractivity contribution < 1.29 is 8.91 Å². The molecule has 3 nitrogen and oxygen atoms in total. The van der Waals surface area contributed by atoms with Gasteiger partial charge >= 0.3 is 0 Å². The highest BCUT2D eigenvalue weighted by Crippen LogP contribution is 2.33. The summed E-state index contributed by atoms with van der Waals surface area (Å²) in [4.78, 5) is 0. The lowest BCUT2D eigenvalue weighted by Gasteiger charge is -2.02. The van der Waals surface area contributed by atoms with E-state index in [0.717, 1.165) is 0 Å². The molecule has 0 aliphatic rings. The molecule has 0 fully saturated rings. The number of anilines is 1. The number of hydrogen-bond acceptors (Lipinski definition) is 3. The van der Waals surface area contributed by atoms with Crippen molar-refractivity contribution in [1.82, 2.24) is 5.16 Å². The fraction of sp³-hybridized carbons (Fsp3) is 0. The molecule has 1 aromatic heterocycles. The van der Waals surface area contributed by atoms with Crippen molar-refractivity contribution >= 4 is 33.4 Å². The van der Waals surface area contributed by atoms with Gasteiger partial charge in [0.1, 0.15) is 0 Å². The van der Waals surface area contributed by atoms with E-state index in [2.05, 4.69) is 21.1 Å². The summed E-state index contributed by atoms with van der Waals surface area (Å²) in [5, 5.41) is 3.54. The van der Waals surface area contributed by atoms with E-state index < -0.39 is 5.82 Å². The van der Waals surface area contributed by atoms with Gasteiger partial charge in [0, 0.05) is 0 Å². The van der Waals surface area contributed by atoms with Crippen LogP contribution in [-0.4, -0.2) is 5.16 Å². The molecule has 0 aliphatic carbocycles. The zero-order valence-corrected chi connectivity index (χ0v) is 9.64. The summed E-state index contributed by atoms with van der Waals surface area (Å²) in [6.45, 7) is 0. The lowest BCUT2D eigenvalue weighted by Crippen LogP contribution is -1.87. The van der Waals surface area contributed by atoms with Crippen LogP contribution in [-0.2, 0) is 0 Å². The molecule has 0 unspecified atom stereocenters. The molecular formula is C9H5BrClFN2O. The Morgan fingerprint density at radius 2 is 2.20 bits per heavy atom. The van der Waals surface area contributed by atoms with E-state index in [4.69, 9.17) is 21.9 Å². The number of halogens is 3. The maximum Gasteiger partial charge on any atom is 0.229 e. The first-order chi connectivity index (χ1) is 7.09. The molecule has 0 radical (unpaired) electrons. The summed E-state index contributed by atoms with van der Waals surface area (Å²) in [7, 11) is 0. The van der Waals surface area contributed by atoms with Gasteiger partial charge in [-0.1, -0.05) is 16.8 Å². The van der Waals surface area contributed by atoms with E-state index in [1.165, 1.54) is 12.3 Å². The highest BCUT2D eigenvalue weighted by molar-refractivity contribution is 9.10. The topological polar surface area (TPSA) is 52.0 Å². The van der Waals surface area contributed by atoms with Crippen molar-refractivity contribution in [3.8, 4) is 11.1 Å². The zero-order valence-electron chi connectivity index (χ0n) is 7.30. The molecule has 0 saturated heterocycles. The minimum atomic E-state index is -0.504. The molecule has 6 heteroatoms. The van der Waals surface area contributed by atoms with E-state index in [1.54, 1.807) is 6.07 Å². The van der Waals surface area contributed by atoms with E-state index in [1.807, 2.05) is 0 Å². The van der Waals surface area contributed by atoms with Gasteiger partial charge in [0.15, 0.2) is 5.82 Å². The summed E-state index contributed by atoms with van der Waals surface area (Å²) >= 11 is 8.75. The summed E-state index contributed by atoms with van der Waals surface area (Å²) in [5.41, 5.74) is 6.76. The first-order valence-electron chi connectivity index (χ1n) is 3.94. The Balaban J connectivity index is 2.60. The first-order valence-corrected chi connectivity index (χ1v) is 5.11. The van der Waals surface area contributed by atoms with Crippen molar-refractivity contribution in [2.75, 3.05) is 5.73 Å². The van der Waals surface area contributed by atoms with Crippen LogP contribution in [0.2, 0.25) is 5.02 Å². The second kappa shape index (κ2) is 3.83. The summed E-state index contributed by atoms with van der Waals surface area (Å²) in [6, 6.07) is 3.02. The third-order valence-electron chi connectivity index (χ3n) is 1.89. The summed E-state index contributed by atoms with van der Waals surface area (Å²) in [6.07, 6.45) is 1.45. The van der Waals surface area contributed by atoms with Crippen LogP contribution < -0.4 is 5.73 Å². The van der Waals surface area contributed by atoms with E-state index in [9.17, 15) is 4.39 Å². The van der Waals surface area contributed by atoms with E-state index in [0.29, 0.717) is 11.1 Å². The molecule has 0 bridgehead atoms. The van der Waals surface area contributed by atoms with Gasteiger partial charge in [-0.2, -0.15) is 0 Å². The van der Waals surface area contributed by atoms with Gasteiger partial charge in [0.05, 0.1) is 21.3 Å². The van der Waals surface area contributed by atoms with Gasteiger partial charge in [0.2, 0.25) is 5.88 Å². The van der Waals surface area contributed by atoms with Crippen molar-refractivity contribution in [2.24, 2.45) is 0 Å². The summed E-state index contributed by atoms with van der Waals surface area (Å²) in [5.74, 6) is -0.333. The second-order valence-corrected chi connectivity index (χ2v) is 4.12. The Kier molecular flexibility index (Phi) is 2.67. The maximum atomic E-state index is 13.2. The van der Waals surface area contributed by atoms with Gasteiger partial charge in [-0.25, -0.2) is 4.39 Å². The molecule has 0 spiro atoms. The number of aromatic nitrogens is 1. The van der Waals surface area contributed by atoms with Crippen LogP contribution in [0.1, 0.15) is 0 Å². The average molecular weight is 292 g/mol. The molecule has 1 aromatic carbocycles. The Morgan fingerprint density at radius 1 is 1.47 bits per heavy atom. The highest BCUT2D eigenvalue weighted by atomic mass is 79.9. The third-order valence-corrected chi connectivity index (χ3v) is 2.75. The van der Waals surface area contributed by atoms with Crippen LogP contribution in [0.15, 0.2) is 27.3 Å². The van der Waals surface area contributed by atoms with E-state index in [-0.39, 0.29) is 15.4 Å². The van der Waals surface area contributed by atoms with Crippen molar-refractivity contribution in [1.29, 1.82) is 0 Å². The van der Waals surface area contributed by atoms with Crippen molar-refractivity contribution in [3.63, 3.8) is 0 Å². The molecule has 2 aromatic rings. The molecule has 0 saturated carbocycles. The Labute approximate surface area is 98.1 Å². The minimum absolute atomic E-state index is 0.0139. The predicted octanol–water partition coefficient (Wildman–Crippen LogP) is 3.48. The van der Waals surface area contributed by atoms with Gasteiger partial charge in [-0.05, 0) is 33.6 Å². The maximum absolute atomic E-state index is 13.2. The Bertz CT molecular complexity index is 492.